The average Bonchev–Trinajstić information content (AvgIpc) is 3.11. The van der Waals surface area contributed by atoms with Crippen LogP contribution in [0.1, 0.15) is 119 Å². The van der Waals surface area contributed by atoms with E-state index in [0.717, 1.165) is 49.9 Å². The van der Waals surface area contributed by atoms with Gasteiger partial charge in [0, 0.05) is 18.8 Å². The largest absolute Gasteiger partial charge is 0.462 e. The molecular weight excluding hydrogens is 412 g/mol. The van der Waals surface area contributed by atoms with Gasteiger partial charge in [0.15, 0.2) is 0 Å². The zero-order valence-electron chi connectivity index (χ0n) is 22.1. The van der Waals surface area contributed by atoms with Crippen molar-refractivity contribution in [2.45, 2.75) is 136 Å². The molecule has 0 aromatic carbocycles. The minimum absolute atomic E-state index is 0.0267. The van der Waals surface area contributed by atoms with Gasteiger partial charge >= 0.3 is 5.97 Å². The normalized spacial score (nSPS) is 49.3. The second kappa shape index (κ2) is 8.22. The molecule has 0 aromatic heterocycles. The SMILES string of the molecule is CC(=O)O[C@H]1CC[C@]2(C)[C@H]3CC[C@]4(C)[C@@H]([C@H](C)CCCC(C)C)CC[C@H]4[C@@]34CC[C@]2(C1)OO4. The molecule has 0 aromatic rings. The molecule has 4 saturated carbocycles. The molecule has 6 rings (SSSR count). The molecule has 0 radical (unpaired) electrons. The Morgan fingerprint density at radius 1 is 0.939 bits per heavy atom. The van der Waals surface area contributed by atoms with Crippen LogP contribution < -0.4 is 0 Å². The van der Waals surface area contributed by atoms with Crippen molar-refractivity contribution in [2.75, 3.05) is 0 Å². The Labute approximate surface area is 201 Å². The predicted octanol–water partition coefficient (Wildman–Crippen LogP) is 7.25. The fraction of sp³-hybridized carbons (Fsp3) is 0.966. The van der Waals surface area contributed by atoms with Gasteiger partial charge in [0.05, 0.1) is 0 Å². The van der Waals surface area contributed by atoms with Crippen LogP contribution in [0.15, 0.2) is 0 Å². The van der Waals surface area contributed by atoms with E-state index in [2.05, 4.69) is 34.6 Å². The maximum Gasteiger partial charge on any atom is 0.302 e. The summed E-state index contributed by atoms with van der Waals surface area (Å²) in [5.74, 6) is 3.44. The fourth-order valence-electron chi connectivity index (χ4n) is 10.0. The van der Waals surface area contributed by atoms with Crippen LogP contribution in [0.4, 0.5) is 0 Å². The van der Waals surface area contributed by atoms with Gasteiger partial charge < -0.3 is 4.74 Å². The molecule has 2 bridgehead atoms. The Bertz CT molecular complexity index is 753. The Morgan fingerprint density at radius 3 is 2.39 bits per heavy atom. The summed E-state index contributed by atoms with van der Waals surface area (Å²) in [4.78, 5) is 24.8. The molecule has 0 N–H and O–H groups in total. The third kappa shape index (κ3) is 3.47. The highest BCUT2D eigenvalue weighted by Gasteiger charge is 2.76. The third-order valence-corrected chi connectivity index (χ3v) is 11.7. The first-order valence-electron chi connectivity index (χ1n) is 14.1. The minimum atomic E-state index is -0.284. The second-order valence-electron chi connectivity index (χ2n) is 13.6. The van der Waals surface area contributed by atoms with Crippen LogP contribution >= 0.6 is 0 Å². The van der Waals surface area contributed by atoms with E-state index >= 15 is 0 Å². The van der Waals surface area contributed by atoms with Gasteiger partial charge in [-0.3, -0.25) is 4.79 Å². The Balaban J connectivity index is 1.36. The molecule has 4 aliphatic carbocycles. The highest BCUT2D eigenvalue weighted by molar-refractivity contribution is 5.66. The number of rotatable bonds is 6. The molecule has 2 aliphatic heterocycles. The summed E-state index contributed by atoms with van der Waals surface area (Å²) in [5, 5.41) is 0. The fourth-order valence-corrected chi connectivity index (χ4v) is 10.0. The number of carbonyl (C=O) groups excluding carboxylic acids is 1. The Morgan fingerprint density at radius 2 is 1.73 bits per heavy atom. The standard InChI is InChI=1S/C29H48O4/c1-19(2)8-7-9-20(3)23-10-11-24-26(23,5)14-13-25-27(6)15-12-22(31-21(4)30)18-28(27)16-17-29(24,25)33-32-28/h19-20,22-25H,7-18H2,1-6H3/t20-,22+,23-,24-,25-,26-,27-,28-,29+/m1/s1. The number of carbonyl (C=O) groups is 1. The lowest BCUT2D eigenvalue weighted by Gasteiger charge is -2.72. The first kappa shape index (κ1) is 24.1. The predicted molar refractivity (Wildman–Crippen MR) is 129 cm³/mol. The first-order chi connectivity index (χ1) is 15.6. The lowest BCUT2D eigenvalue weighted by Crippen LogP contribution is -2.75. The molecule has 4 heteroatoms. The van der Waals surface area contributed by atoms with Crippen LogP contribution in [0.3, 0.4) is 0 Å². The van der Waals surface area contributed by atoms with E-state index in [9.17, 15) is 4.79 Å². The van der Waals surface area contributed by atoms with Crippen LogP contribution in [-0.2, 0) is 19.3 Å². The van der Waals surface area contributed by atoms with Gasteiger partial charge in [-0.2, -0.15) is 0 Å². The highest BCUT2D eigenvalue weighted by atomic mass is 17.2. The molecule has 2 heterocycles. The van der Waals surface area contributed by atoms with Crippen LogP contribution in [0.5, 0.6) is 0 Å². The summed E-state index contributed by atoms with van der Waals surface area (Å²) in [6.45, 7) is 13.9. The van der Waals surface area contributed by atoms with E-state index in [0.29, 0.717) is 17.3 Å². The van der Waals surface area contributed by atoms with Gasteiger partial charge in [0.1, 0.15) is 17.3 Å². The second-order valence-corrected chi connectivity index (χ2v) is 13.6. The van der Waals surface area contributed by atoms with Gasteiger partial charge in [-0.1, -0.05) is 53.9 Å². The van der Waals surface area contributed by atoms with Crippen LogP contribution in [0.25, 0.3) is 0 Å². The van der Waals surface area contributed by atoms with E-state index in [4.69, 9.17) is 14.5 Å². The smallest absolute Gasteiger partial charge is 0.302 e. The zero-order valence-corrected chi connectivity index (χ0v) is 22.1. The van der Waals surface area contributed by atoms with Crippen molar-refractivity contribution in [3.8, 4) is 0 Å². The Kier molecular flexibility index (Phi) is 6.00. The van der Waals surface area contributed by atoms with Gasteiger partial charge in [-0.15, -0.1) is 0 Å². The van der Waals surface area contributed by atoms with Crippen molar-refractivity contribution in [1.82, 2.24) is 0 Å². The minimum Gasteiger partial charge on any atom is -0.462 e. The summed E-state index contributed by atoms with van der Waals surface area (Å²) < 4.78 is 5.66. The highest BCUT2D eigenvalue weighted by Crippen LogP contribution is 2.74. The lowest BCUT2D eigenvalue weighted by molar-refractivity contribution is -0.536. The number of hydrogen-bond donors (Lipinski definition) is 0. The first-order valence-corrected chi connectivity index (χ1v) is 14.1. The van der Waals surface area contributed by atoms with Gasteiger partial charge in [0.25, 0.3) is 0 Å². The molecule has 6 fully saturated rings. The Hall–Kier alpha value is -0.610. The van der Waals surface area contributed by atoms with Gasteiger partial charge in [-0.25, -0.2) is 9.78 Å². The van der Waals surface area contributed by atoms with Crippen molar-refractivity contribution < 1.29 is 19.3 Å². The molecule has 4 nitrogen and oxygen atoms in total. The zero-order chi connectivity index (χ0) is 23.6. The molecule has 188 valence electrons. The van der Waals surface area contributed by atoms with Crippen molar-refractivity contribution in [3.05, 3.63) is 0 Å². The number of ether oxygens (including phenoxy) is 1. The molecule has 33 heavy (non-hydrogen) atoms. The summed E-state index contributed by atoms with van der Waals surface area (Å²) in [7, 11) is 0. The maximum absolute atomic E-state index is 11.6. The third-order valence-electron chi connectivity index (χ3n) is 11.7. The van der Waals surface area contributed by atoms with Crippen LogP contribution in [-0.4, -0.2) is 23.3 Å². The molecule has 0 amide bonds. The van der Waals surface area contributed by atoms with Crippen molar-refractivity contribution in [2.24, 2.45) is 40.4 Å². The molecule has 6 aliphatic rings. The summed E-state index contributed by atoms with van der Waals surface area (Å²) >= 11 is 0. The van der Waals surface area contributed by atoms with Crippen molar-refractivity contribution in [3.63, 3.8) is 0 Å². The van der Waals surface area contributed by atoms with E-state index in [1.54, 1.807) is 0 Å². The van der Waals surface area contributed by atoms with Crippen molar-refractivity contribution in [1.29, 1.82) is 0 Å². The summed E-state index contributed by atoms with van der Waals surface area (Å²) in [6, 6.07) is 0. The van der Waals surface area contributed by atoms with Gasteiger partial charge in [-0.05, 0) is 86.4 Å². The summed E-state index contributed by atoms with van der Waals surface area (Å²) in [6.07, 6.45) is 14.4. The molecule has 2 saturated heterocycles. The quantitative estimate of drug-likeness (QED) is 0.309. The molecule has 2 spiro atoms. The van der Waals surface area contributed by atoms with Crippen LogP contribution in [0, 0.1) is 40.4 Å². The van der Waals surface area contributed by atoms with E-state index in [1.165, 1.54) is 51.9 Å². The molecular formula is C29H48O4. The van der Waals surface area contributed by atoms with Crippen LogP contribution in [0.2, 0.25) is 0 Å². The van der Waals surface area contributed by atoms with E-state index in [1.807, 2.05) is 0 Å². The summed E-state index contributed by atoms with van der Waals surface area (Å²) in [5.41, 5.74) is 0.111. The molecule has 9 atom stereocenters. The van der Waals surface area contributed by atoms with E-state index in [-0.39, 0.29) is 28.7 Å². The average molecular weight is 461 g/mol. The maximum atomic E-state index is 11.6. The van der Waals surface area contributed by atoms with E-state index < -0.39 is 0 Å². The number of esters is 1. The molecule has 0 unspecified atom stereocenters. The number of hydrogen-bond acceptors (Lipinski definition) is 4. The topological polar surface area (TPSA) is 44.8 Å². The van der Waals surface area contributed by atoms with Crippen molar-refractivity contribution >= 4 is 5.97 Å². The monoisotopic (exact) mass is 460 g/mol. The number of fused-ring (bicyclic) bond motifs is 3. The lowest BCUT2D eigenvalue weighted by atomic mass is 9.40. The van der Waals surface area contributed by atoms with Gasteiger partial charge in [0.2, 0.25) is 0 Å².